The van der Waals surface area contributed by atoms with Gasteiger partial charge in [-0.3, -0.25) is 0 Å². The zero-order valence-corrected chi connectivity index (χ0v) is 16.2. The van der Waals surface area contributed by atoms with E-state index < -0.39 is 12.8 Å². The molecule has 0 saturated carbocycles. The molecule has 28 heavy (non-hydrogen) atoms. The number of rotatable bonds is 6. The molecule has 1 atom stereocenters. The molecule has 2 amide bonds. The Hall–Kier alpha value is -2.90. The number of ether oxygens (including phenoxy) is 1. The van der Waals surface area contributed by atoms with Crippen LogP contribution in [0.1, 0.15) is 24.1 Å². The second-order valence-electron chi connectivity index (χ2n) is 6.69. The Morgan fingerprint density at radius 3 is 2.32 bits per heavy atom. The number of aryl methyl sites for hydroxylation is 1. The Morgan fingerprint density at radius 1 is 1.14 bits per heavy atom. The topological polar surface area (TPSA) is 53.6 Å². The summed E-state index contributed by atoms with van der Waals surface area (Å²) in [6.45, 7) is 2.35. The number of hydrogen-bond donors (Lipinski definition) is 2. The maximum atomic E-state index is 12.3. The maximum absolute atomic E-state index is 12.3. The van der Waals surface area contributed by atoms with E-state index in [1.54, 1.807) is 19.1 Å². The predicted molar refractivity (Wildman–Crippen MR) is 104 cm³/mol. The minimum atomic E-state index is -4.38. The van der Waals surface area contributed by atoms with Gasteiger partial charge in [-0.25, -0.2) is 4.79 Å². The molecule has 2 aromatic rings. The van der Waals surface area contributed by atoms with Crippen molar-refractivity contribution in [1.82, 2.24) is 5.32 Å². The van der Waals surface area contributed by atoms with E-state index in [0.29, 0.717) is 5.69 Å². The van der Waals surface area contributed by atoms with Crippen LogP contribution in [0.4, 0.5) is 29.3 Å². The summed E-state index contributed by atoms with van der Waals surface area (Å²) in [6, 6.07) is 11.1. The molecule has 0 aliphatic rings. The third kappa shape index (κ3) is 6.37. The third-order valence-corrected chi connectivity index (χ3v) is 4.10. The molecule has 0 radical (unpaired) electrons. The van der Waals surface area contributed by atoms with Crippen LogP contribution >= 0.6 is 0 Å². The summed E-state index contributed by atoms with van der Waals surface area (Å²) >= 11 is 0. The average molecular weight is 395 g/mol. The van der Waals surface area contributed by atoms with Crippen molar-refractivity contribution in [2.75, 3.05) is 30.9 Å². The standard InChI is InChI=1S/C20H24F3N3O2/c1-13-11-16(26(3)4)7-10-18(13)25-19(27)24-14(2)15-5-8-17(9-6-15)28-12-20(21,22)23/h5-11,14H,12H2,1-4H3,(H2,24,25,27). The number of anilines is 2. The highest BCUT2D eigenvalue weighted by atomic mass is 19.4. The van der Waals surface area contributed by atoms with E-state index in [-0.39, 0.29) is 17.8 Å². The number of carbonyl (C=O) groups is 1. The van der Waals surface area contributed by atoms with E-state index in [4.69, 9.17) is 0 Å². The Bertz CT molecular complexity index is 805. The van der Waals surface area contributed by atoms with Gasteiger partial charge in [0.1, 0.15) is 5.75 Å². The molecule has 0 spiro atoms. The molecule has 2 rings (SSSR count). The van der Waals surface area contributed by atoms with Gasteiger partial charge in [-0.2, -0.15) is 13.2 Å². The van der Waals surface area contributed by atoms with Gasteiger partial charge < -0.3 is 20.3 Å². The number of nitrogens with zero attached hydrogens (tertiary/aromatic N) is 1. The first-order valence-electron chi connectivity index (χ1n) is 8.70. The van der Waals surface area contributed by atoms with Crippen molar-refractivity contribution in [2.45, 2.75) is 26.1 Å². The number of hydrogen-bond acceptors (Lipinski definition) is 3. The number of carbonyl (C=O) groups excluding carboxylic acids is 1. The van der Waals surface area contributed by atoms with E-state index in [1.807, 2.05) is 44.1 Å². The van der Waals surface area contributed by atoms with Crippen molar-refractivity contribution in [2.24, 2.45) is 0 Å². The van der Waals surface area contributed by atoms with Crippen LogP contribution in [-0.2, 0) is 0 Å². The molecule has 0 heterocycles. The Kier molecular flexibility index (Phi) is 6.77. The third-order valence-electron chi connectivity index (χ3n) is 4.10. The fraction of sp³-hybridized carbons (Fsp3) is 0.350. The lowest BCUT2D eigenvalue weighted by atomic mass is 10.1. The van der Waals surface area contributed by atoms with Crippen LogP contribution in [0.5, 0.6) is 5.75 Å². The molecule has 152 valence electrons. The summed E-state index contributed by atoms with van der Waals surface area (Å²) in [4.78, 5) is 14.2. The molecular formula is C20H24F3N3O2. The van der Waals surface area contributed by atoms with Crippen LogP contribution in [0.15, 0.2) is 42.5 Å². The van der Waals surface area contributed by atoms with Gasteiger partial charge in [0.05, 0.1) is 6.04 Å². The summed E-state index contributed by atoms with van der Waals surface area (Å²) < 4.78 is 41.2. The highest BCUT2D eigenvalue weighted by Gasteiger charge is 2.28. The van der Waals surface area contributed by atoms with Gasteiger partial charge in [-0.1, -0.05) is 12.1 Å². The summed E-state index contributed by atoms with van der Waals surface area (Å²) in [5.74, 6) is 0.120. The summed E-state index contributed by atoms with van der Waals surface area (Å²) in [5.41, 5.74) is 3.41. The quantitative estimate of drug-likeness (QED) is 0.733. The van der Waals surface area contributed by atoms with E-state index in [9.17, 15) is 18.0 Å². The van der Waals surface area contributed by atoms with Gasteiger partial charge in [-0.05, 0) is 55.3 Å². The van der Waals surface area contributed by atoms with Gasteiger partial charge in [0.2, 0.25) is 0 Å². The first kappa shape index (κ1) is 21.4. The van der Waals surface area contributed by atoms with Crippen LogP contribution < -0.4 is 20.3 Å². The number of urea groups is 1. The van der Waals surface area contributed by atoms with Gasteiger partial charge in [0.25, 0.3) is 0 Å². The average Bonchev–Trinajstić information content (AvgIpc) is 2.61. The van der Waals surface area contributed by atoms with Crippen LogP contribution in [0, 0.1) is 6.92 Å². The van der Waals surface area contributed by atoms with Crippen LogP contribution in [-0.4, -0.2) is 32.9 Å². The number of halogens is 3. The van der Waals surface area contributed by atoms with E-state index >= 15 is 0 Å². The molecule has 0 bridgehead atoms. The number of benzene rings is 2. The van der Waals surface area contributed by atoms with Crippen LogP contribution in [0.25, 0.3) is 0 Å². The van der Waals surface area contributed by atoms with Gasteiger partial charge in [0.15, 0.2) is 6.61 Å². The summed E-state index contributed by atoms with van der Waals surface area (Å²) in [5, 5.41) is 5.61. The van der Waals surface area contributed by atoms with Crippen molar-refractivity contribution >= 4 is 17.4 Å². The fourth-order valence-corrected chi connectivity index (χ4v) is 2.52. The molecule has 2 aromatic carbocycles. The first-order valence-corrected chi connectivity index (χ1v) is 8.70. The van der Waals surface area contributed by atoms with Crippen molar-refractivity contribution in [1.29, 1.82) is 0 Å². The normalized spacial score (nSPS) is 12.2. The molecule has 0 aliphatic heterocycles. The van der Waals surface area contributed by atoms with E-state index in [2.05, 4.69) is 15.4 Å². The minimum Gasteiger partial charge on any atom is -0.484 e. The summed E-state index contributed by atoms with van der Waals surface area (Å²) in [7, 11) is 3.88. The van der Waals surface area contributed by atoms with Gasteiger partial charge in [0, 0.05) is 25.5 Å². The lowest BCUT2D eigenvalue weighted by Crippen LogP contribution is -2.31. The van der Waals surface area contributed by atoms with Gasteiger partial charge >= 0.3 is 12.2 Å². The van der Waals surface area contributed by atoms with Crippen molar-refractivity contribution < 1.29 is 22.7 Å². The molecule has 8 heteroatoms. The highest BCUT2D eigenvalue weighted by Crippen LogP contribution is 2.23. The second-order valence-corrected chi connectivity index (χ2v) is 6.69. The molecule has 2 N–H and O–H groups in total. The number of amides is 2. The van der Waals surface area contributed by atoms with Crippen molar-refractivity contribution in [3.63, 3.8) is 0 Å². The van der Waals surface area contributed by atoms with Crippen molar-refractivity contribution in [3.8, 4) is 5.75 Å². The Morgan fingerprint density at radius 2 is 1.79 bits per heavy atom. The molecule has 1 unspecified atom stereocenters. The molecule has 5 nitrogen and oxygen atoms in total. The highest BCUT2D eigenvalue weighted by molar-refractivity contribution is 5.90. The zero-order chi connectivity index (χ0) is 20.9. The Labute approximate surface area is 162 Å². The fourth-order valence-electron chi connectivity index (χ4n) is 2.52. The zero-order valence-electron chi connectivity index (χ0n) is 16.2. The number of alkyl halides is 3. The molecule has 0 fully saturated rings. The monoisotopic (exact) mass is 395 g/mol. The predicted octanol–water partition coefficient (Wildman–Crippen LogP) is 4.88. The summed E-state index contributed by atoms with van der Waals surface area (Å²) in [6.07, 6.45) is -4.38. The molecule has 0 aliphatic carbocycles. The van der Waals surface area contributed by atoms with Crippen LogP contribution in [0.3, 0.4) is 0 Å². The lowest BCUT2D eigenvalue weighted by molar-refractivity contribution is -0.153. The molecule has 0 saturated heterocycles. The SMILES string of the molecule is Cc1cc(N(C)C)ccc1NC(=O)NC(C)c1ccc(OCC(F)(F)F)cc1. The maximum Gasteiger partial charge on any atom is 0.422 e. The molecule has 0 aromatic heterocycles. The Balaban J connectivity index is 1.93. The number of nitrogens with one attached hydrogen (secondary N) is 2. The first-order chi connectivity index (χ1) is 13.0. The second kappa shape index (κ2) is 8.86. The van der Waals surface area contributed by atoms with Crippen molar-refractivity contribution in [3.05, 3.63) is 53.6 Å². The van der Waals surface area contributed by atoms with E-state index in [1.165, 1.54) is 12.1 Å². The largest absolute Gasteiger partial charge is 0.484 e. The lowest BCUT2D eigenvalue weighted by Gasteiger charge is -2.18. The van der Waals surface area contributed by atoms with Gasteiger partial charge in [-0.15, -0.1) is 0 Å². The smallest absolute Gasteiger partial charge is 0.422 e. The van der Waals surface area contributed by atoms with E-state index in [0.717, 1.165) is 16.8 Å². The minimum absolute atomic E-state index is 0.120. The van der Waals surface area contributed by atoms with Crippen LogP contribution in [0.2, 0.25) is 0 Å². The molecular weight excluding hydrogens is 371 g/mol.